The molecule has 0 saturated carbocycles. The van der Waals surface area contributed by atoms with Gasteiger partial charge in [-0.2, -0.15) is 0 Å². The Bertz CT molecular complexity index is 812. The van der Waals surface area contributed by atoms with Gasteiger partial charge in [0.15, 0.2) is 9.84 Å². The molecule has 0 aliphatic rings. The van der Waals surface area contributed by atoms with E-state index in [1.54, 1.807) is 18.2 Å². The maximum Gasteiger partial charge on any atom is 0.248 e. The van der Waals surface area contributed by atoms with Crippen molar-refractivity contribution in [3.05, 3.63) is 64.6 Å². The van der Waals surface area contributed by atoms with Crippen LogP contribution in [-0.4, -0.2) is 20.6 Å². The van der Waals surface area contributed by atoms with Crippen LogP contribution in [0.2, 0.25) is 0 Å². The molecule has 0 aliphatic heterocycles. The second-order valence-electron chi connectivity index (χ2n) is 4.67. The van der Waals surface area contributed by atoms with Gasteiger partial charge in [0.2, 0.25) is 5.91 Å². The van der Waals surface area contributed by atoms with E-state index in [4.69, 9.17) is 0 Å². The lowest BCUT2D eigenvalue weighted by atomic mass is 10.2. The van der Waals surface area contributed by atoms with Gasteiger partial charge in [-0.15, -0.1) is 0 Å². The molecule has 22 heavy (non-hydrogen) atoms. The molecule has 0 atom stereocenters. The molecule has 6 heteroatoms. The standard InChI is InChI=1S/C16H14BrNO3S/c1-22(20,21)15-8-6-14(7-9-15)18-16(19)10-5-12-3-2-4-13(17)11-12/h2-11H,1H3,(H,18,19)/b10-5+. The molecular weight excluding hydrogens is 366 g/mol. The zero-order chi connectivity index (χ0) is 16.2. The summed E-state index contributed by atoms with van der Waals surface area (Å²) >= 11 is 3.36. The fourth-order valence-electron chi connectivity index (χ4n) is 1.75. The fraction of sp³-hybridized carbons (Fsp3) is 0.0625. The van der Waals surface area contributed by atoms with Crippen molar-refractivity contribution in [2.75, 3.05) is 11.6 Å². The Morgan fingerprint density at radius 1 is 1.14 bits per heavy atom. The van der Waals surface area contributed by atoms with E-state index < -0.39 is 9.84 Å². The summed E-state index contributed by atoms with van der Waals surface area (Å²) in [4.78, 5) is 12.0. The smallest absolute Gasteiger partial charge is 0.248 e. The van der Waals surface area contributed by atoms with E-state index in [0.29, 0.717) is 5.69 Å². The van der Waals surface area contributed by atoms with Gasteiger partial charge in [0, 0.05) is 22.5 Å². The molecule has 1 N–H and O–H groups in total. The second kappa shape index (κ2) is 6.89. The summed E-state index contributed by atoms with van der Waals surface area (Å²) < 4.78 is 23.6. The van der Waals surface area contributed by atoms with Gasteiger partial charge in [0.25, 0.3) is 0 Å². The molecule has 0 radical (unpaired) electrons. The third-order valence-electron chi connectivity index (χ3n) is 2.83. The van der Waals surface area contributed by atoms with Crippen molar-refractivity contribution >= 4 is 43.4 Å². The van der Waals surface area contributed by atoms with Crippen molar-refractivity contribution in [1.29, 1.82) is 0 Å². The number of sulfone groups is 1. The van der Waals surface area contributed by atoms with Crippen LogP contribution >= 0.6 is 15.9 Å². The molecule has 2 rings (SSSR count). The van der Waals surface area contributed by atoms with Gasteiger partial charge in [0.1, 0.15) is 0 Å². The zero-order valence-corrected chi connectivity index (χ0v) is 14.2. The first-order valence-electron chi connectivity index (χ1n) is 6.39. The highest BCUT2D eigenvalue weighted by Gasteiger charge is 2.06. The Balaban J connectivity index is 2.03. The number of benzene rings is 2. The summed E-state index contributed by atoms with van der Waals surface area (Å²) in [6.45, 7) is 0. The largest absolute Gasteiger partial charge is 0.323 e. The van der Waals surface area contributed by atoms with Crippen LogP contribution in [0.4, 0.5) is 5.69 Å². The maximum absolute atomic E-state index is 11.8. The molecule has 0 aromatic heterocycles. The molecule has 0 unspecified atom stereocenters. The van der Waals surface area contributed by atoms with Gasteiger partial charge in [0.05, 0.1) is 4.90 Å². The number of carbonyl (C=O) groups excluding carboxylic acids is 1. The molecule has 0 bridgehead atoms. The zero-order valence-electron chi connectivity index (χ0n) is 11.8. The minimum absolute atomic E-state index is 0.218. The molecule has 1 amide bonds. The maximum atomic E-state index is 11.8. The summed E-state index contributed by atoms with van der Waals surface area (Å²) in [6, 6.07) is 13.6. The van der Waals surface area contributed by atoms with Crippen LogP contribution in [0.1, 0.15) is 5.56 Å². The molecule has 114 valence electrons. The normalized spacial score (nSPS) is 11.5. The van der Waals surface area contributed by atoms with E-state index in [-0.39, 0.29) is 10.8 Å². The Labute approximate surface area is 137 Å². The minimum Gasteiger partial charge on any atom is -0.323 e. The van der Waals surface area contributed by atoms with E-state index in [0.717, 1.165) is 16.3 Å². The van der Waals surface area contributed by atoms with Gasteiger partial charge < -0.3 is 5.32 Å². The molecule has 0 heterocycles. The van der Waals surface area contributed by atoms with E-state index in [9.17, 15) is 13.2 Å². The van der Waals surface area contributed by atoms with Crippen molar-refractivity contribution in [2.45, 2.75) is 4.90 Å². The van der Waals surface area contributed by atoms with Crippen molar-refractivity contribution in [1.82, 2.24) is 0 Å². The minimum atomic E-state index is -3.23. The van der Waals surface area contributed by atoms with E-state index in [2.05, 4.69) is 21.2 Å². The molecule has 0 saturated heterocycles. The number of amides is 1. The molecule has 0 fully saturated rings. The SMILES string of the molecule is CS(=O)(=O)c1ccc(NC(=O)/C=C/c2cccc(Br)c2)cc1. The molecule has 2 aromatic carbocycles. The lowest BCUT2D eigenvalue weighted by molar-refractivity contribution is -0.111. The van der Waals surface area contributed by atoms with Crippen LogP contribution in [0, 0.1) is 0 Å². The average Bonchev–Trinajstić information content (AvgIpc) is 2.45. The van der Waals surface area contributed by atoms with Crippen molar-refractivity contribution < 1.29 is 13.2 Å². The number of hydrogen-bond acceptors (Lipinski definition) is 3. The van der Waals surface area contributed by atoms with Crippen LogP contribution in [0.25, 0.3) is 6.08 Å². The number of nitrogens with one attached hydrogen (secondary N) is 1. The van der Waals surface area contributed by atoms with Crippen molar-refractivity contribution in [2.24, 2.45) is 0 Å². The number of rotatable bonds is 4. The summed E-state index contributed by atoms with van der Waals surface area (Å²) in [5.74, 6) is -0.285. The Kier molecular flexibility index (Phi) is 5.15. The lowest BCUT2D eigenvalue weighted by Crippen LogP contribution is -2.08. The van der Waals surface area contributed by atoms with Crippen molar-refractivity contribution in [3.63, 3.8) is 0 Å². The number of halogens is 1. The first-order valence-corrected chi connectivity index (χ1v) is 9.08. The average molecular weight is 380 g/mol. The van der Waals surface area contributed by atoms with Crippen LogP contribution in [-0.2, 0) is 14.6 Å². The van der Waals surface area contributed by atoms with Crippen LogP contribution in [0.15, 0.2) is 64.0 Å². The lowest BCUT2D eigenvalue weighted by Gasteiger charge is -2.03. The highest BCUT2D eigenvalue weighted by molar-refractivity contribution is 9.10. The predicted octanol–water partition coefficient (Wildman–Crippen LogP) is 3.50. The molecule has 0 spiro atoms. The van der Waals surface area contributed by atoms with Gasteiger partial charge in [-0.1, -0.05) is 28.1 Å². The van der Waals surface area contributed by atoms with Crippen LogP contribution in [0.3, 0.4) is 0 Å². The quantitative estimate of drug-likeness (QED) is 0.826. The third-order valence-corrected chi connectivity index (χ3v) is 4.45. The highest BCUT2D eigenvalue weighted by Crippen LogP contribution is 2.15. The molecular formula is C16H14BrNO3S. The van der Waals surface area contributed by atoms with E-state index in [1.807, 2.05) is 24.3 Å². The van der Waals surface area contributed by atoms with Gasteiger partial charge in [-0.05, 0) is 48.0 Å². The monoisotopic (exact) mass is 379 g/mol. The van der Waals surface area contributed by atoms with Crippen LogP contribution in [0.5, 0.6) is 0 Å². The van der Waals surface area contributed by atoms with E-state index >= 15 is 0 Å². The van der Waals surface area contributed by atoms with Crippen LogP contribution < -0.4 is 5.32 Å². The number of hydrogen-bond donors (Lipinski definition) is 1. The molecule has 2 aromatic rings. The number of anilines is 1. The van der Waals surface area contributed by atoms with Gasteiger partial charge in [-0.3, -0.25) is 4.79 Å². The predicted molar refractivity (Wildman–Crippen MR) is 91.4 cm³/mol. The highest BCUT2D eigenvalue weighted by atomic mass is 79.9. The van der Waals surface area contributed by atoms with E-state index in [1.165, 1.54) is 18.2 Å². The summed E-state index contributed by atoms with van der Waals surface area (Å²) in [6.07, 6.45) is 4.26. The Morgan fingerprint density at radius 2 is 1.82 bits per heavy atom. The topological polar surface area (TPSA) is 63.2 Å². The summed E-state index contributed by atoms with van der Waals surface area (Å²) in [5.41, 5.74) is 1.44. The van der Waals surface area contributed by atoms with Gasteiger partial charge >= 0.3 is 0 Å². The second-order valence-corrected chi connectivity index (χ2v) is 7.61. The number of carbonyl (C=O) groups is 1. The fourth-order valence-corrected chi connectivity index (χ4v) is 2.80. The summed E-state index contributed by atoms with van der Waals surface area (Å²) in [5, 5.41) is 2.67. The first kappa shape index (κ1) is 16.5. The third kappa shape index (κ3) is 4.82. The molecule has 4 nitrogen and oxygen atoms in total. The summed E-state index contributed by atoms with van der Waals surface area (Å²) in [7, 11) is -3.23. The van der Waals surface area contributed by atoms with Crippen molar-refractivity contribution in [3.8, 4) is 0 Å². The Hall–Kier alpha value is -1.92. The molecule has 0 aliphatic carbocycles. The first-order chi connectivity index (χ1) is 10.3. The van der Waals surface area contributed by atoms with Gasteiger partial charge in [-0.25, -0.2) is 8.42 Å². The Morgan fingerprint density at radius 3 is 2.41 bits per heavy atom.